The zero-order chi connectivity index (χ0) is 30.2. The van der Waals surface area contributed by atoms with Crippen LogP contribution in [0.1, 0.15) is 22.4 Å². The molecule has 0 atom stereocenters. The number of nitrogens with two attached hydrogens (primary N) is 1. The number of nitrogens with zero attached hydrogens (tertiary/aromatic N) is 2. The third-order valence-electron chi connectivity index (χ3n) is 8.18. The van der Waals surface area contributed by atoms with Crippen LogP contribution in [0.5, 0.6) is 0 Å². The molecule has 0 bridgehead atoms. The molecule has 0 unspecified atom stereocenters. The number of amidine groups is 2. The number of para-hydroxylation sites is 1. The van der Waals surface area contributed by atoms with E-state index < -0.39 is 0 Å². The average Bonchev–Trinajstić information content (AvgIpc) is 3.41. The van der Waals surface area contributed by atoms with Crippen LogP contribution in [0.4, 0.5) is 0 Å². The predicted molar refractivity (Wildman–Crippen MR) is 186 cm³/mol. The van der Waals surface area contributed by atoms with Crippen LogP contribution in [0, 0.1) is 10.8 Å². The Morgan fingerprint density at radius 2 is 1.25 bits per heavy atom. The van der Waals surface area contributed by atoms with E-state index in [-0.39, 0.29) is 5.84 Å². The van der Waals surface area contributed by atoms with Crippen LogP contribution in [0.2, 0.25) is 0 Å². The van der Waals surface area contributed by atoms with Gasteiger partial charge in [0.25, 0.3) is 0 Å². The smallest absolute Gasteiger partial charge is 0.155 e. The summed E-state index contributed by atoms with van der Waals surface area (Å²) in [5, 5.41) is 22.5. The molecule has 0 aliphatic rings. The van der Waals surface area contributed by atoms with Crippen LogP contribution in [0.3, 0.4) is 0 Å². The lowest BCUT2D eigenvalue weighted by Gasteiger charge is -2.18. The molecule has 0 aliphatic carbocycles. The fourth-order valence-corrected chi connectivity index (χ4v) is 6.23. The quantitative estimate of drug-likeness (QED) is 0.104. The van der Waals surface area contributed by atoms with E-state index in [4.69, 9.17) is 11.1 Å². The van der Waals surface area contributed by atoms with Crippen molar-refractivity contribution in [1.82, 2.24) is 4.57 Å². The SMILES string of the molecule is C=Cc1c(C=N)c2ccccc2n1-c1ccc(-c2c(C(=N)/N=C(\N)c3ccccc3)c3ccccc3c3ccccc23)cc1. The lowest BCUT2D eigenvalue weighted by atomic mass is 9.87. The van der Waals surface area contributed by atoms with E-state index in [0.717, 1.165) is 71.6 Å². The summed E-state index contributed by atoms with van der Waals surface area (Å²) in [5.41, 5.74) is 13.5. The van der Waals surface area contributed by atoms with Crippen molar-refractivity contribution in [2.75, 3.05) is 0 Å². The molecule has 0 aliphatic heterocycles. The number of aliphatic imine (C=N–C) groups is 1. The third-order valence-corrected chi connectivity index (χ3v) is 8.18. The number of hydrogen-bond donors (Lipinski definition) is 3. The van der Waals surface area contributed by atoms with Crippen molar-refractivity contribution >= 4 is 56.4 Å². The lowest BCUT2D eigenvalue weighted by Crippen LogP contribution is -2.16. The maximum Gasteiger partial charge on any atom is 0.155 e. The highest BCUT2D eigenvalue weighted by atomic mass is 15.0. The van der Waals surface area contributed by atoms with E-state index in [1.165, 1.54) is 6.21 Å². The molecule has 0 saturated carbocycles. The second-order valence-electron chi connectivity index (χ2n) is 10.6. The summed E-state index contributed by atoms with van der Waals surface area (Å²) < 4.78 is 2.14. The lowest BCUT2D eigenvalue weighted by molar-refractivity contribution is 1.11. The molecule has 7 aromatic rings. The highest BCUT2D eigenvalue weighted by Crippen LogP contribution is 2.40. The average molecular weight is 568 g/mol. The standard InChI is InChI=1S/C39H29N5/c1-2-34-33(24-40)30-16-10-11-19-35(30)44(34)27-22-20-25(21-23-27)36-31-17-8-6-14-28(31)29-15-7-9-18-32(29)37(36)39(42)43-38(41)26-12-4-3-5-13-26/h2-24,40H,1H2,(H3,41,42,43). The molecule has 6 aromatic carbocycles. The van der Waals surface area contributed by atoms with Gasteiger partial charge in [-0.1, -0.05) is 116 Å². The zero-order valence-electron chi connectivity index (χ0n) is 24.0. The molecule has 0 spiro atoms. The first kappa shape index (κ1) is 26.8. The fraction of sp³-hybridized carbons (Fsp3) is 0. The van der Waals surface area contributed by atoms with Gasteiger partial charge in [-0.15, -0.1) is 0 Å². The van der Waals surface area contributed by atoms with Crippen LogP contribution in [-0.4, -0.2) is 22.5 Å². The molecular weight excluding hydrogens is 538 g/mol. The summed E-state index contributed by atoms with van der Waals surface area (Å²) >= 11 is 0. The second kappa shape index (κ2) is 11.0. The molecule has 5 nitrogen and oxygen atoms in total. The number of rotatable bonds is 6. The molecule has 0 saturated heterocycles. The number of fused-ring (bicyclic) bond motifs is 4. The molecular formula is C39H29N5. The summed E-state index contributed by atoms with van der Waals surface area (Å²) in [5.74, 6) is 0.404. The molecule has 0 radical (unpaired) electrons. The van der Waals surface area contributed by atoms with Gasteiger partial charge >= 0.3 is 0 Å². The van der Waals surface area contributed by atoms with Crippen molar-refractivity contribution in [3.05, 3.63) is 156 Å². The van der Waals surface area contributed by atoms with Gasteiger partial charge in [-0.2, -0.15) is 0 Å². The highest BCUT2D eigenvalue weighted by Gasteiger charge is 2.20. The molecule has 1 aromatic heterocycles. The Morgan fingerprint density at radius 3 is 1.91 bits per heavy atom. The van der Waals surface area contributed by atoms with Crippen molar-refractivity contribution in [3.63, 3.8) is 0 Å². The third kappa shape index (κ3) is 4.30. The zero-order valence-corrected chi connectivity index (χ0v) is 24.0. The Morgan fingerprint density at radius 1 is 0.682 bits per heavy atom. The summed E-state index contributed by atoms with van der Waals surface area (Å²) in [6.07, 6.45) is 3.20. The monoisotopic (exact) mass is 567 g/mol. The van der Waals surface area contributed by atoms with E-state index in [0.29, 0.717) is 5.84 Å². The van der Waals surface area contributed by atoms with E-state index in [9.17, 15) is 5.41 Å². The van der Waals surface area contributed by atoms with Gasteiger partial charge in [0.05, 0.1) is 11.2 Å². The van der Waals surface area contributed by atoms with Crippen LogP contribution < -0.4 is 5.73 Å². The van der Waals surface area contributed by atoms with Gasteiger partial charge in [-0.3, -0.25) is 5.41 Å². The molecule has 0 fully saturated rings. The van der Waals surface area contributed by atoms with Gasteiger partial charge in [-0.05, 0) is 51.4 Å². The largest absolute Gasteiger partial charge is 0.383 e. The topological polar surface area (TPSA) is 91.0 Å². The Labute approximate surface area is 255 Å². The summed E-state index contributed by atoms with van der Waals surface area (Å²) in [6, 6.07) is 42.5. The molecule has 210 valence electrons. The minimum absolute atomic E-state index is 0.105. The van der Waals surface area contributed by atoms with Crippen LogP contribution in [0.15, 0.2) is 139 Å². The predicted octanol–water partition coefficient (Wildman–Crippen LogP) is 8.98. The van der Waals surface area contributed by atoms with E-state index in [2.05, 4.69) is 70.7 Å². The first-order valence-electron chi connectivity index (χ1n) is 14.4. The van der Waals surface area contributed by atoms with Gasteiger partial charge < -0.3 is 15.7 Å². The summed E-state index contributed by atoms with van der Waals surface area (Å²) in [6.45, 7) is 4.06. The van der Waals surface area contributed by atoms with Gasteiger partial charge in [0.2, 0.25) is 0 Å². The van der Waals surface area contributed by atoms with E-state index >= 15 is 0 Å². The Kier molecular flexibility index (Phi) is 6.68. The molecule has 0 amide bonds. The van der Waals surface area contributed by atoms with Crippen molar-refractivity contribution < 1.29 is 0 Å². The first-order valence-corrected chi connectivity index (χ1v) is 14.4. The Hall–Kier alpha value is -6.07. The number of hydrogen-bond acceptors (Lipinski definition) is 2. The molecule has 1 heterocycles. The van der Waals surface area contributed by atoms with Crippen molar-refractivity contribution in [1.29, 1.82) is 10.8 Å². The summed E-state index contributed by atoms with van der Waals surface area (Å²) in [7, 11) is 0. The van der Waals surface area contributed by atoms with Gasteiger partial charge in [-0.25, -0.2) is 4.99 Å². The van der Waals surface area contributed by atoms with Crippen LogP contribution in [0.25, 0.3) is 55.3 Å². The maximum absolute atomic E-state index is 9.30. The van der Waals surface area contributed by atoms with Crippen LogP contribution >= 0.6 is 0 Å². The van der Waals surface area contributed by atoms with Crippen molar-refractivity contribution in [3.8, 4) is 16.8 Å². The minimum atomic E-state index is 0.105. The number of benzene rings is 6. The fourth-order valence-electron chi connectivity index (χ4n) is 6.23. The van der Waals surface area contributed by atoms with Gasteiger partial charge in [0.1, 0.15) is 5.84 Å². The Bertz CT molecular complexity index is 2270. The van der Waals surface area contributed by atoms with Crippen molar-refractivity contribution in [2.24, 2.45) is 10.7 Å². The van der Waals surface area contributed by atoms with E-state index in [1.807, 2.05) is 72.8 Å². The number of aromatic nitrogens is 1. The second-order valence-corrected chi connectivity index (χ2v) is 10.6. The molecule has 44 heavy (non-hydrogen) atoms. The van der Waals surface area contributed by atoms with Crippen molar-refractivity contribution in [2.45, 2.75) is 0 Å². The minimum Gasteiger partial charge on any atom is -0.383 e. The number of nitrogens with one attached hydrogen (secondary N) is 2. The molecule has 7 rings (SSSR count). The highest BCUT2D eigenvalue weighted by molar-refractivity contribution is 6.26. The normalized spacial score (nSPS) is 11.7. The maximum atomic E-state index is 9.30. The molecule has 5 heteroatoms. The van der Waals surface area contributed by atoms with Gasteiger partial charge in [0.15, 0.2) is 5.84 Å². The Balaban J connectivity index is 1.47. The first-order chi connectivity index (χ1) is 21.6. The summed E-state index contributed by atoms with van der Waals surface area (Å²) in [4.78, 5) is 4.64. The van der Waals surface area contributed by atoms with Crippen LogP contribution in [-0.2, 0) is 0 Å². The molecule has 4 N–H and O–H groups in total. The van der Waals surface area contributed by atoms with Gasteiger partial charge in [0, 0.05) is 39.5 Å². The van der Waals surface area contributed by atoms with E-state index in [1.54, 1.807) is 6.08 Å².